The van der Waals surface area contributed by atoms with Gasteiger partial charge in [-0.2, -0.15) is 5.26 Å². The molecule has 0 aliphatic carbocycles. The number of aromatic nitrogens is 1. The zero-order valence-corrected chi connectivity index (χ0v) is 6.69. The highest BCUT2D eigenvalue weighted by atomic mass is 16.4. The van der Waals surface area contributed by atoms with E-state index in [1.54, 1.807) is 12.1 Å². The number of carboxylic acids is 1. The predicted octanol–water partition coefficient (Wildman–Crippen LogP) is 0.450. The van der Waals surface area contributed by atoms with Crippen LogP contribution >= 0.6 is 0 Å². The Hall–Kier alpha value is -2.09. The molecule has 0 spiro atoms. The van der Waals surface area contributed by atoms with Crippen LogP contribution in [-0.4, -0.2) is 22.6 Å². The number of pyridine rings is 1. The molecule has 0 radical (unpaired) electrons. The van der Waals surface area contributed by atoms with Crippen LogP contribution in [0.2, 0.25) is 0 Å². The smallest absolute Gasteiger partial charge is 0.322 e. The average molecular weight is 177 g/mol. The van der Waals surface area contributed by atoms with Gasteiger partial charge in [-0.05, 0) is 12.1 Å². The Kier molecular flexibility index (Phi) is 2.82. The molecule has 1 heterocycles. The number of nitriles is 1. The molecule has 1 aromatic heterocycles. The van der Waals surface area contributed by atoms with Crippen LogP contribution in [0.25, 0.3) is 0 Å². The van der Waals surface area contributed by atoms with Gasteiger partial charge in [0.15, 0.2) is 5.69 Å². The highest BCUT2D eigenvalue weighted by molar-refractivity contribution is 5.73. The maximum absolute atomic E-state index is 10.2. The lowest BCUT2D eigenvalue weighted by molar-refractivity contribution is -0.134. The molecule has 2 N–H and O–H groups in total. The van der Waals surface area contributed by atoms with E-state index in [9.17, 15) is 4.79 Å². The van der Waals surface area contributed by atoms with Crippen molar-refractivity contribution in [1.29, 1.82) is 5.26 Å². The third kappa shape index (κ3) is 2.45. The first-order valence-corrected chi connectivity index (χ1v) is 3.55. The monoisotopic (exact) mass is 177 g/mol. The van der Waals surface area contributed by atoms with E-state index in [0.29, 0.717) is 5.69 Å². The Balaban J connectivity index is 2.77. The minimum atomic E-state index is -0.979. The van der Waals surface area contributed by atoms with Crippen molar-refractivity contribution in [3.63, 3.8) is 0 Å². The maximum Gasteiger partial charge on any atom is 0.322 e. The van der Waals surface area contributed by atoms with Crippen LogP contribution in [0.4, 0.5) is 5.69 Å². The van der Waals surface area contributed by atoms with Gasteiger partial charge >= 0.3 is 5.97 Å². The summed E-state index contributed by atoms with van der Waals surface area (Å²) in [7, 11) is 0. The van der Waals surface area contributed by atoms with Crippen LogP contribution in [0.15, 0.2) is 18.3 Å². The van der Waals surface area contributed by atoms with Crippen LogP contribution in [0, 0.1) is 11.3 Å². The topological polar surface area (TPSA) is 86.0 Å². The molecule has 0 amide bonds. The van der Waals surface area contributed by atoms with Crippen LogP contribution in [0.5, 0.6) is 0 Å². The molecule has 1 aromatic rings. The number of anilines is 1. The molecule has 0 fully saturated rings. The normalized spacial score (nSPS) is 8.85. The summed E-state index contributed by atoms with van der Waals surface area (Å²) in [5.41, 5.74) is 0.635. The van der Waals surface area contributed by atoms with Gasteiger partial charge in [0.25, 0.3) is 0 Å². The molecule has 66 valence electrons. The summed E-state index contributed by atoms with van der Waals surface area (Å²) < 4.78 is 0. The number of hydrogen-bond donors (Lipinski definition) is 2. The van der Waals surface area contributed by atoms with E-state index < -0.39 is 5.97 Å². The molecule has 0 bridgehead atoms. The number of nitrogens with zero attached hydrogens (tertiary/aromatic N) is 2. The van der Waals surface area contributed by atoms with Crippen molar-refractivity contribution in [3.8, 4) is 6.07 Å². The average Bonchev–Trinajstić information content (AvgIpc) is 2.15. The standard InChI is InChI=1S/C8H7N3O2/c9-4-7-6(2-1-3-10-7)11-5-8(12)13/h1-3,11H,5H2,(H,12,13). The van der Waals surface area contributed by atoms with Crippen LogP contribution in [0.3, 0.4) is 0 Å². The number of carbonyl (C=O) groups is 1. The first-order valence-electron chi connectivity index (χ1n) is 3.55. The number of aliphatic carboxylic acids is 1. The minimum absolute atomic E-state index is 0.198. The second-order valence-electron chi connectivity index (χ2n) is 2.26. The van der Waals surface area contributed by atoms with Gasteiger partial charge in [-0.25, -0.2) is 4.98 Å². The van der Waals surface area contributed by atoms with Crippen LogP contribution in [-0.2, 0) is 4.79 Å². The fourth-order valence-corrected chi connectivity index (χ4v) is 0.808. The van der Waals surface area contributed by atoms with E-state index in [0.717, 1.165) is 0 Å². The largest absolute Gasteiger partial charge is 0.480 e. The molecule has 0 aliphatic heterocycles. The second-order valence-corrected chi connectivity index (χ2v) is 2.26. The SMILES string of the molecule is N#Cc1ncccc1NCC(=O)O. The molecular formula is C8H7N3O2. The summed E-state index contributed by atoms with van der Waals surface area (Å²) in [6, 6.07) is 5.09. The van der Waals surface area contributed by atoms with E-state index in [2.05, 4.69) is 10.3 Å². The zero-order chi connectivity index (χ0) is 9.68. The Morgan fingerprint density at radius 3 is 3.15 bits per heavy atom. The molecule has 5 nitrogen and oxygen atoms in total. The van der Waals surface area contributed by atoms with Gasteiger partial charge < -0.3 is 10.4 Å². The number of hydrogen-bond acceptors (Lipinski definition) is 4. The third-order valence-corrected chi connectivity index (χ3v) is 1.34. The molecular weight excluding hydrogens is 170 g/mol. The summed E-state index contributed by atoms with van der Waals surface area (Å²) in [6.07, 6.45) is 1.48. The minimum Gasteiger partial charge on any atom is -0.480 e. The highest BCUT2D eigenvalue weighted by Gasteiger charge is 2.02. The number of carboxylic acid groups (broad SMARTS) is 1. The van der Waals surface area contributed by atoms with Gasteiger partial charge in [0.2, 0.25) is 0 Å². The van der Waals surface area contributed by atoms with Crippen molar-refractivity contribution < 1.29 is 9.90 Å². The van der Waals surface area contributed by atoms with Crippen LogP contribution < -0.4 is 5.32 Å². The van der Waals surface area contributed by atoms with E-state index in [4.69, 9.17) is 10.4 Å². The molecule has 0 aliphatic rings. The number of rotatable bonds is 3. The molecule has 0 atom stereocenters. The highest BCUT2D eigenvalue weighted by Crippen LogP contribution is 2.09. The lowest BCUT2D eigenvalue weighted by atomic mass is 10.3. The molecule has 0 unspecified atom stereocenters. The summed E-state index contributed by atoms with van der Waals surface area (Å²) in [5, 5.41) is 19.5. The molecule has 5 heteroatoms. The van der Waals surface area contributed by atoms with E-state index in [1.165, 1.54) is 6.20 Å². The lowest BCUT2D eigenvalue weighted by Gasteiger charge is -2.02. The molecule has 13 heavy (non-hydrogen) atoms. The summed E-state index contributed by atoms with van der Waals surface area (Å²) >= 11 is 0. The molecule has 1 rings (SSSR count). The Morgan fingerprint density at radius 2 is 2.54 bits per heavy atom. The van der Waals surface area contributed by atoms with E-state index in [-0.39, 0.29) is 12.2 Å². The molecule has 0 aromatic carbocycles. The first kappa shape index (κ1) is 9.00. The van der Waals surface area contributed by atoms with Crippen molar-refractivity contribution >= 4 is 11.7 Å². The summed E-state index contributed by atoms with van der Waals surface area (Å²) in [6.45, 7) is -0.222. The van der Waals surface area contributed by atoms with E-state index in [1.807, 2.05) is 6.07 Å². The van der Waals surface area contributed by atoms with Crippen molar-refractivity contribution in [2.24, 2.45) is 0 Å². The Labute approximate surface area is 74.6 Å². The third-order valence-electron chi connectivity index (χ3n) is 1.34. The zero-order valence-electron chi connectivity index (χ0n) is 6.69. The fourth-order valence-electron chi connectivity index (χ4n) is 0.808. The summed E-state index contributed by atoms with van der Waals surface area (Å²) in [4.78, 5) is 14.0. The fraction of sp³-hybridized carbons (Fsp3) is 0.125. The van der Waals surface area contributed by atoms with Crippen molar-refractivity contribution in [2.45, 2.75) is 0 Å². The second kappa shape index (κ2) is 4.07. The lowest BCUT2D eigenvalue weighted by Crippen LogP contribution is -2.13. The van der Waals surface area contributed by atoms with E-state index >= 15 is 0 Å². The molecule has 0 saturated heterocycles. The first-order chi connectivity index (χ1) is 6.24. The molecule has 0 saturated carbocycles. The Morgan fingerprint density at radius 1 is 1.77 bits per heavy atom. The van der Waals surface area contributed by atoms with Gasteiger partial charge in [-0.1, -0.05) is 0 Å². The van der Waals surface area contributed by atoms with Crippen LogP contribution in [0.1, 0.15) is 5.69 Å². The van der Waals surface area contributed by atoms with Gasteiger partial charge in [0.1, 0.15) is 12.6 Å². The quantitative estimate of drug-likeness (QED) is 0.700. The maximum atomic E-state index is 10.2. The summed E-state index contributed by atoms with van der Waals surface area (Å²) in [5.74, 6) is -0.979. The van der Waals surface area contributed by atoms with Crippen molar-refractivity contribution in [2.75, 3.05) is 11.9 Å². The number of nitrogens with one attached hydrogen (secondary N) is 1. The predicted molar refractivity (Wildman–Crippen MR) is 45.1 cm³/mol. The van der Waals surface area contributed by atoms with Gasteiger partial charge in [0, 0.05) is 6.20 Å². The van der Waals surface area contributed by atoms with Crippen molar-refractivity contribution in [3.05, 3.63) is 24.0 Å². The van der Waals surface area contributed by atoms with Gasteiger partial charge in [-0.3, -0.25) is 4.79 Å². The Bertz CT molecular complexity index is 357. The van der Waals surface area contributed by atoms with Gasteiger partial charge in [0.05, 0.1) is 5.69 Å². The van der Waals surface area contributed by atoms with Gasteiger partial charge in [-0.15, -0.1) is 0 Å². The van der Waals surface area contributed by atoms with Crippen molar-refractivity contribution in [1.82, 2.24) is 4.98 Å².